The lowest BCUT2D eigenvalue weighted by atomic mass is 10.0. The number of aliphatic carboxylic acids is 1. The summed E-state index contributed by atoms with van der Waals surface area (Å²) in [6.45, 7) is 1.90. The summed E-state index contributed by atoms with van der Waals surface area (Å²) in [5.41, 5.74) is 1.60. The van der Waals surface area contributed by atoms with Crippen LogP contribution in [0.3, 0.4) is 0 Å². The molecule has 0 fully saturated rings. The molecule has 0 spiro atoms. The van der Waals surface area contributed by atoms with Gasteiger partial charge in [-0.15, -0.1) is 0 Å². The van der Waals surface area contributed by atoms with Crippen molar-refractivity contribution >= 4 is 17.5 Å². The van der Waals surface area contributed by atoms with Gasteiger partial charge in [0.25, 0.3) is 0 Å². The zero-order chi connectivity index (χ0) is 13.5. The molecule has 0 aliphatic heterocycles. The Bertz CT molecular complexity index is 463. The van der Waals surface area contributed by atoms with Gasteiger partial charge in [-0.25, -0.2) is 0 Å². The first-order chi connectivity index (χ1) is 8.49. The Hall–Kier alpha value is -1.97. The normalized spacial score (nSPS) is 10.1. The molecule has 0 saturated carbocycles. The number of aryl methyl sites for hydroxylation is 1. The van der Waals surface area contributed by atoms with E-state index in [0.717, 1.165) is 5.56 Å². The number of carbonyl (C=O) groups excluding carboxylic acids is 2. The van der Waals surface area contributed by atoms with Gasteiger partial charge in [0.15, 0.2) is 5.78 Å². The van der Waals surface area contributed by atoms with Crippen LogP contribution in [0.15, 0.2) is 24.3 Å². The van der Waals surface area contributed by atoms with E-state index in [1.165, 1.54) is 0 Å². The second kappa shape index (κ2) is 6.69. The fraction of sp³-hybridized carbons (Fsp3) is 0.357. The summed E-state index contributed by atoms with van der Waals surface area (Å²) >= 11 is 0. The highest BCUT2D eigenvalue weighted by Crippen LogP contribution is 2.09. The van der Waals surface area contributed by atoms with Crippen LogP contribution >= 0.6 is 0 Å². The number of carbonyl (C=O) groups is 3. The fourth-order valence-corrected chi connectivity index (χ4v) is 1.59. The number of hydrogen-bond donors (Lipinski definition) is 1. The van der Waals surface area contributed by atoms with Crippen LogP contribution in [-0.4, -0.2) is 22.6 Å². The molecular formula is C14H16O4. The van der Waals surface area contributed by atoms with Crippen LogP contribution < -0.4 is 0 Å². The molecule has 1 aromatic carbocycles. The van der Waals surface area contributed by atoms with Crippen LogP contribution in [0.1, 0.15) is 41.6 Å². The molecule has 0 unspecified atom stereocenters. The molecular weight excluding hydrogens is 232 g/mol. The molecule has 1 aromatic rings. The van der Waals surface area contributed by atoms with Crippen LogP contribution in [-0.2, 0) is 9.59 Å². The summed E-state index contributed by atoms with van der Waals surface area (Å²) in [5.74, 6) is -1.26. The van der Waals surface area contributed by atoms with E-state index in [-0.39, 0.29) is 37.2 Å². The van der Waals surface area contributed by atoms with Gasteiger partial charge in [-0.1, -0.05) is 23.8 Å². The minimum atomic E-state index is -0.992. The predicted molar refractivity (Wildman–Crippen MR) is 66.6 cm³/mol. The van der Waals surface area contributed by atoms with Gasteiger partial charge in [-0.3, -0.25) is 14.4 Å². The quantitative estimate of drug-likeness (QED) is 0.752. The Morgan fingerprint density at radius 1 is 1.06 bits per heavy atom. The van der Waals surface area contributed by atoms with E-state index in [4.69, 9.17) is 5.11 Å². The van der Waals surface area contributed by atoms with Crippen LogP contribution in [0.2, 0.25) is 0 Å². The van der Waals surface area contributed by atoms with Crippen molar-refractivity contribution in [1.29, 1.82) is 0 Å². The number of ketones is 2. The van der Waals surface area contributed by atoms with Gasteiger partial charge >= 0.3 is 5.97 Å². The second-order valence-corrected chi connectivity index (χ2v) is 4.23. The molecule has 0 saturated heterocycles. The topological polar surface area (TPSA) is 71.4 Å². The molecule has 1 rings (SSSR count). The molecule has 0 aliphatic carbocycles. The number of hydrogen-bond acceptors (Lipinski definition) is 3. The molecule has 0 radical (unpaired) electrons. The van der Waals surface area contributed by atoms with Gasteiger partial charge in [-0.2, -0.15) is 0 Å². The van der Waals surface area contributed by atoms with Crippen LogP contribution in [0.5, 0.6) is 0 Å². The average Bonchev–Trinajstić information content (AvgIpc) is 2.33. The Morgan fingerprint density at radius 2 is 1.72 bits per heavy atom. The summed E-state index contributed by atoms with van der Waals surface area (Å²) in [6, 6.07) is 7.20. The van der Waals surface area contributed by atoms with Gasteiger partial charge in [0.1, 0.15) is 5.78 Å². The molecule has 0 aliphatic rings. The van der Waals surface area contributed by atoms with Crippen molar-refractivity contribution in [2.24, 2.45) is 0 Å². The van der Waals surface area contributed by atoms with Gasteiger partial charge in [0.05, 0.1) is 6.42 Å². The number of carboxylic acids is 1. The van der Waals surface area contributed by atoms with E-state index in [2.05, 4.69) is 0 Å². The first kappa shape index (κ1) is 14.1. The van der Waals surface area contributed by atoms with Gasteiger partial charge < -0.3 is 5.11 Å². The summed E-state index contributed by atoms with van der Waals surface area (Å²) in [5, 5.41) is 8.43. The number of rotatable bonds is 7. The predicted octanol–water partition coefficient (Wildman–Crippen LogP) is 2.39. The molecule has 0 bridgehead atoms. The van der Waals surface area contributed by atoms with Crippen molar-refractivity contribution in [3.05, 3.63) is 35.4 Å². The number of carboxylic acid groups (broad SMARTS) is 1. The van der Waals surface area contributed by atoms with Crippen molar-refractivity contribution in [1.82, 2.24) is 0 Å². The highest BCUT2D eigenvalue weighted by molar-refractivity contribution is 5.98. The van der Waals surface area contributed by atoms with E-state index >= 15 is 0 Å². The van der Waals surface area contributed by atoms with Crippen molar-refractivity contribution in [3.63, 3.8) is 0 Å². The second-order valence-electron chi connectivity index (χ2n) is 4.23. The summed E-state index contributed by atoms with van der Waals surface area (Å²) in [7, 11) is 0. The van der Waals surface area contributed by atoms with Crippen molar-refractivity contribution in [2.75, 3.05) is 0 Å². The Balaban J connectivity index is 2.42. The SMILES string of the molecule is Cc1cccc(C(=O)CCC(=O)CCC(=O)O)c1. The maximum Gasteiger partial charge on any atom is 0.303 e. The molecule has 4 heteroatoms. The molecule has 1 N–H and O–H groups in total. The van der Waals surface area contributed by atoms with Crippen LogP contribution in [0.4, 0.5) is 0 Å². The van der Waals surface area contributed by atoms with Gasteiger partial charge in [0.2, 0.25) is 0 Å². The maximum atomic E-state index is 11.8. The molecule has 0 heterocycles. The van der Waals surface area contributed by atoms with E-state index in [0.29, 0.717) is 5.56 Å². The Labute approximate surface area is 106 Å². The first-order valence-corrected chi connectivity index (χ1v) is 5.82. The van der Waals surface area contributed by atoms with Crippen LogP contribution in [0.25, 0.3) is 0 Å². The minimum Gasteiger partial charge on any atom is -0.481 e. The van der Waals surface area contributed by atoms with Gasteiger partial charge in [0, 0.05) is 24.8 Å². The molecule has 4 nitrogen and oxygen atoms in total. The third-order valence-corrected chi connectivity index (χ3v) is 2.59. The van der Waals surface area contributed by atoms with Gasteiger partial charge in [-0.05, 0) is 13.0 Å². The third-order valence-electron chi connectivity index (χ3n) is 2.59. The molecule has 18 heavy (non-hydrogen) atoms. The minimum absolute atomic E-state index is 0.00354. The summed E-state index contributed by atoms with van der Waals surface area (Å²) in [6.07, 6.45) is 0.0792. The monoisotopic (exact) mass is 248 g/mol. The highest BCUT2D eigenvalue weighted by Gasteiger charge is 2.10. The van der Waals surface area contributed by atoms with Crippen molar-refractivity contribution in [3.8, 4) is 0 Å². The smallest absolute Gasteiger partial charge is 0.303 e. The molecule has 96 valence electrons. The van der Waals surface area contributed by atoms with Crippen LogP contribution in [0, 0.1) is 6.92 Å². The standard InChI is InChI=1S/C14H16O4/c1-10-3-2-4-11(9-10)13(16)7-5-12(15)6-8-14(17)18/h2-4,9H,5-8H2,1H3,(H,17,18). The molecule has 0 aromatic heterocycles. The van der Waals surface area contributed by atoms with Crippen molar-refractivity contribution < 1.29 is 19.5 Å². The summed E-state index contributed by atoms with van der Waals surface area (Å²) < 4.78 is 0. The summed E-state index contributed by atoms with van der Waals surface area (Å²) in [4.78, 5) is 33.4. The third kappa shape index (κ3) is 4.91. The maximum absolute atomic E-state index is 11.8. The Morgan fingerprint density at radius 3 is 2.33 bits per heavy atom. The Kier molecular flexibility index (Phi) is 5.24. The number of Topliss-reactive ketones (excluding diaryl/α,β-unsaturated/α-hetero) is 2. The van der Waals surface area contributed by atoms with E-state index in [1.54, 1.807) is 18.2 Å². The fourth-order valence-electron chi connectivity index (χ4n) is 1.59. The van der Waals surface area contributed by atoms with Crippen molar-refractivity contribution in [2.45, 2.75) is 32.6 Å². The average molecular weight is 248 g/mol. The molecule has 0 atom stereocenters. The largest absolute Gasteiger partial charge is 0.481 e. The number of benzene rings is 1. The first-order valence-electron chi connectivity index (χ1n) is 5.82. The lowest BCUT2D eigenvalue weighted by Gasteiger charge is -2.01. The van der Waals surface area contributed by atoms with E-state index in [9.17, 15) is 14.4 Å². The zero-order valence-electron chi connectivity index (χ0n) is 10.3. The highest BCUT2D eigenvalue weighted by atomic mass is 16.4. The lowest BCUT2D eigenvalue weighted by molar-refractivity contribution is -0.138. The van der Waals surface area contributed by atoms with E-state index in [1.807, 2.05) is 13.0 Å². The van der Waals surface area contributed by atoms with E-state index < -0.39 is 5.97 Å². The zero-order valence-corrected chi connectivity index (χ0v) is 10.3. The molecule has 0 amide bonds. The lowest BCUT2D eigenvalue weighted by Crippen LogP contribution is -2.07.